The van der Waals surface area contributed by atoms with E-state index in [-0.39, 0.29) is 18.4 Å². The number of ketones is 1. The number of methoxy groups -OCH3 is 1. The lowest BCUT2D eigenvalue weighted by Crippen LogP contribution is -2.25. The van der Waals surface area contributed by atoms with Crippen LogP contribution in [0, 0.1) is 0 Å². The number of Topliss-reactive ketones (excluding diaryl/α,β-unsaturated/α-hetero) is 1. The molecular weight excluding hydrogens is 232 g/mol. The maximum Gasteiger partial charge on any atom is 0.161 e. The van der Waals surface area contributed by atoms with Crippen LogP contribution in [0.4, 0.5) is 11.4 Å². The Balaban J connectivity index is 2.72. The summed E-state index contributed by atoms with van der Waals surface area (Å²) in [6.07, 6.45) is 0.696. The Morgan fingerprint density at radius 3 is 2.78 bits per heavy atom. The Morgan fingerprint density at radius 1 is 1.56 bits per heavy atom. The van der Waals surface area contributed by atoms with Gasteiger partial charge in [0.2, 0.25) is 0 Å². The minimum Gasteiger partial charge on any atom is -0.398 e. The van der Waals surface area contributed by atoms with E-state index in [1.54, 1.807) is 25.3 Å². The molecule has 1 rings (SSSR count). The fraction of sp³-hybridized carbons (Fsp3) is 0.462. The molecule has 100 valence electrons. The van der Waals surface area contributed by atoms with E-state index in [1.807, 2.05) is 0 Å². The van der Waals surface area contributed by atoms with E-state index < -0.39 is 0 Å². The summed E-state index contributed by atoms with van der Waals surface area (Å²) in [5, 5.41) is 12.4. The summed E-state index contributed by atoms with van der Waals surface area (Å²) in [6, 6.07) is 5.08. The third kappa shape index (κ3) is 4.01. The van der Waals surface area contributed by atoms with Gasteiger partial charge in [0.25, 0.3) is 0 Å². The van der Waals surface area contributed by atoms with Crippen LogP contribution < -0.4 is 11.1 Å². The van der Waals surface area contributed by atoms with E-state index in [4.69, 9.17) is 10.5 Å². The van der Waals surface area contributed by atoms with Gasteiger partial charge in [-0.2, -0.15) is 0 Å². The van der Waals surface area contributed by atoms with Crippen LogP contribution in [0.25, 0.3) is 0 Å². The molecule has 18 heavy (non-hydrogen) atoms. The number of carbonyl (C=O) groups is 1. The molecule has 5 nitrogen and oxygen atoms in total. The summed E-state index contributed by atoms with van der Waals surface area (Å²) in [5.41, 5.74) is 7.53. The minimum atomic E-state index is -0.0903. The van der Waals surface area contributed by atoms with Crippen molar-refractivity contribution in [1.82, 2.24) is 0 Å². The Morgan fingerprint density at radius 2 is 2.28 bits per heavy atom. The number of hydrogen-bond acceptors (Lipinski definition) is 5. The highest BCUT2D eigenvalue weighted by atomic mass is 16.5. The van der Waals surface area contributed by atoms with Crippen LogP contribution in [-0.2, 0) is 4.74 Å². The molecule has 0 aliphatic carbocycles. The fourth-order valence-electron chi connectivity index (χ4n) is 1.68. The zero-order valence-corrected chi connectivity index (χ0v) is 10.8. The quantitative estimate of drug-likeness (QED) is 0.503. The minimum absolute atomic E-state index is 0.0116. The number of hydrogen-bond donors (Lipinski definition) is 3. The van der Waals surface area contributed by atoms with E-state index in [0.717, 1.165) is 5.69 Å². The van der Waals surface area contributed by atoms with Crippen LogP contribution in [0.2, 0.25) is 0 Å². The van der Waals surface area contributed by atoms with Gasteiger partial charge in [0, 0.05) is 30.7 Å². The summed E-state index contributed by atoms with van der Waals surface area (Å²) in [7, 11) is 1.62. The molecule has 0 amide bonds. The largest absolute Gasteiger partial charge is 0.398 e. The van der Waals surface area contributed by atoms with Crippen molar-refractivity contribution in [2.24, 2.45) is 0 Å². The molecule has 1 unspecified atom stereocenters. The first-order chi connectivity index (χ1) is 8.58. The molecule has 0 fully saturated rings. The Labute approximate surface area is 107 Å². The second-order valence-electron chi connectivity index (χ2n) is 4.16. The lowest BCUT2D eigenvalue weighted by atomic mass is 10.1. The molecule has 4 N–H and O–H groups in total. The number of carbonyl (C=O) groups excluding carboxylic acids is 1. The van der Waals surface area contributed by atoms with E-state index in [9.17, 15) is 9.90 Å². The van der Waals surface area contributed by atoms with Crippen LogP contribution >= 0.6 is 0 Å². The molecule has 0 aliphatic heterocycles. The standard InChI is InChI=1S/C13H20N2O3/c1-9(17)12-4-3-10(7-13(12)14)15-11(8-16)5-6-18-2/h3-4,7,11,15-16H,5-6,8,14H2,1-2H3. The van der Waals surface area contributed by atoms with Crippen molar-refractivity contribution in [3.63, 3.8) is 0 Å². The number of anilines is 2. The van der Waals surface area contributed by atoms with Crippen molar-refractivity contribution < 1.29 is 14.6 Å². The summed E-state index contributed by atoms with van der Waals surface area (Å²) in [6.45, 7) is 2.06. The maximum absolute atomic E-state index is 11.2. The molecule has 0 aromatic heterocycles. The van der Waals surface area contributed by atoms with Crippen molar-refractivity contribution >= 4 is 17.2 Å². The molecule has 0 saturated carbocycles. The highest BCUT2D eigenvalue weighted by Crippen LogP contribution is 2.19. The molecule has 1 aromatic rings. The second kappa shape index (κ2) is 6.98. The van der Waals surface area contributed by atoms with Gasteiger partial charge >= 0.3 is 0 Å². The Bertz CT molecular complexity index is 407. The highest BCUT2D eigenvalue weighted by molar-refractivity contribution is 5.99. The molecule has 5 heteroatoms. The molecule has 0 aliphatic rings. The van der Waals surface area contributed by atoms with Gasteiger partial charge in [-0.3, -0.25) is 4.79 Å². The first kappa shape index (κ1) is 14.5. The van der Waals surface area contributed by atoms with Gasteiger partial charge in [-0.1, -0.05) is 0 Å². The Kier molecular flexibility index (Phi) is 5.61. The van der Waals surface area contributed by atoms with E-state index in [0.29, 0.717) is 24.3 Å². The third-order valence-corrected chi connectivity index (χ3v) is 2.69. The molecule has 0 spiro atoms. The lowest BCUT2D eigenvalue weighted by Gasteiger charge is -2.17. The summed E-state index contributed by atoms with van der Waals surface area (Å²) >= 11 is 0. The van der Waals surface area contributed by atoms with Gasteiger partial charge in [-0.05, 0) is 31.5 Å². The topological polar surface area (TPSA) is 84.6 Å². The van der Waals surface area contributed by atoms with Gasteiger partial charge in [-0.15, -0.1) is 0 Å². The molecule has 0 heterocycles. The van der Waals surface area contributed by atoms with Crippen molar-refractivity contribution in [2.45, 2.75) is 19.4 Å². The fourth-order valence-corrected chi connectivity index (χ4v) is 1.68. The van der Waals surface area contributed by atoms with Crippen LogP contribution in [0.15, 0.2) is 18.2 Å². The normalized spacial score (nSPS) is 12.2. The highest BCUT2D eigenvalue weighted by Gasteiger charge is 2.09. The number of ether oxygens (including phenoxy) is 1. The molecule has 1 aromatic carbocycles. The molecule has 0 bridgehead atoms. The van der Waals surface area contributed by atoms with Gasteiger partial charge in [0.1, 0.15) is 0 Å². The smallest absolute Gasteiger partial charge is 0.161 e. The van der Waals surface area contributed by atoms with E-state index in [1.165, 1.54) is 6.92 Å². The average Bonchev–Trinajstić information content (AvgIpc) is 2.34. The van der Waals surface area contributed by atoms with Crippen LogP contribution in [0.3, 0.4) is 0 Å². The van der Waals surface area contributed by atoms with Crippen LogP contribution in [0.5, 0.6) is 0 Å². The van der Waals surface area contributed by atoms with Gasteiger partial charge in [0.15, 0.2) is 5.78 Å². The number of nitrogen functional groups attached to an aromatic ring is 1. The number of benzene rings is 1. The average molecular weight is 252 g/mol. The predicted octanol–water partition coefficient (Wildman–Crippen LogP) is 1.28. The van der Waals surface area contributed by atoms with Gasteiger partial charge in [0.05, 0.1) is 12.6 Å². The molecule has 1 atom stereocenters. The molecule has 0 saturated heterocycles. The zero-order chi connectivity index (χ0) is 13.5. The van der Waals surface area contributed by atoms with Crippen molar-refractivity contribution in [3.05, 3.63) is 23.8 Å². The summed E-state index contributed by atoms with van der Waals surface area (Å²) in [4.78, 5) is 11.2. The van der Waals surface area contributed by atoms with Gasteiger partial charge in [-0.25, -0.2) is 0 Å². The number of nitrogens with one attached hydrogen (secondary N) is 1. The predicted molar refractivity (Wildman–Crippen MR) is 71.8 cm³/mol. The van der Waals surface area contributed by atoms with Crippen molar-refractivity contribution in [2.75, 3.05) is 31.4 Å². The first-order valence-corrected chi connectivity index (χ1v) is 5.85. The van der Waals surface area contributed by atoms with Crippen LogP contribution in [0.1, 0.15) is 23.7 Å². The van der Waals surface area contributed by atoms with Crippen molar-refractivity contribution in [1.29, 1.82) is 0 Å². The molecular formula is C13H20N2O3. The number of rotatable bonds is 7. The molecule has 0 radical (unpaired) electrons. The lowest BCUT2D eigenvalue weighted by molar-refractivity contribution is 0.101. The third-order valence-electron chi connectivity index (χ3n) is 2.69. The van der Waals surface area contributed by atoms with Crippen molar-refractivity contribution in [3.8, 4) is 0 Å². The van der Waals surface area contributed by atoms with Gasteiger partial charge < -0.3 is 20.9 Å². The van der Waals surface area contributed by atoms with Crippen LogP contribution in [-0.4, -0.2) is 37.3 Å². The SMILES string of the molecule is COCCC(CO)Nc1ccc(C(C)=O)c(N)c1. The second-order valence-corrected chi connectivity index (χ2v) is 4.16. The summed E-state index contributed by atoms with van der Waals surface area (Å²) < 4.78 is 4.97. The van der Waals surface area contributed by atoms with E-state index >= 15 is 0 Å². The number of aliphatic hydroxyl groups excluding tert-OH is 1. The maximum atomic E-state index is 11.2. The number of nitrogens with two attached hydrogens (primary N) is 1. The zero-order valence-electron chi connectivity index (χ0n) is 10.8. The number of aliphatic hydroxyl groups is 1. The monoisotopic (exact) mass is 252 g/mol. The Hall–Kier alpha value is -1.59. The first-order valence-electron chi connectivity index (χ1n) is 5.85. The summed E-state index contributed by atoms with van der Waals surface area (Å²) in [5.74, 6) is -0.0582. The van der Waals surface area contributed by atoms with E-state index in [2.05, 4.69) is 5.32 Å².